The van der Waals surface area contributed by atoms with Crippen molar-refractivity contribution in [1.82, 2.24) is 5.32 Å². The van der Waals surface area contributed by atoms with Gasteiger partial charge in [-0.3, -0.25) is 13.7 Å². The molecule has 0 fully saturated rings. The molecule has 0 aliphatic heterocycles. The van der Waals surface area contributed by atoms with Crippen molar-refractivity contribution in [2.24, 2.45) is 0 Å². The van der Waals surface area contributed by atoms with Crippen molar-refractivity contribution in [3.05, 3.63) is 0 Å². The van der Waals surface area contributed by atoms with Gasteiger partial charge in [-0.15, -0.1) is 0 Å². The van der Waals surface area contributed by atoms with Crippen LogP contribution in [0.4, 0.5) is 0 Å². The first kappa shape index (κ1) is 11.8. The van der Waals surface area contributed by atoms with Gasteiger partial charge in [0.2, 0.25) is 0 Å². The normalized spacial score (nSPS) is 22.2. The van der Waals surface area contributed by atoms with E-state index in [9.17, 15) is 17.5 Å². The molecule has 4 unspecified atom stereocenters. The minimum absolute atomic E-state index is 1.50. The predicted octanol–water partition coefficient (Wildman–Crippen LogP) is -0.621. The quantitative estimate of drug-likeness (QED) is 0.401. The summed E-state index contributed by atoms with van der Waals surface area (Å²) in [5, 5.41) is 1.88. The van der Waals surface area contributed by atoms with Gasteiger partial charge in [0, 0.05) is 0 Å². The second-order valence-corrected chi connectivity index (χ2v) is 4.69. The van der Waals surface area contributed by atoms with Crippen molar-refractivity contribution in [2.75, 3.05) is 0 Å². The highest BCUT2D eigenvalue weighted by atomic mass is 35.5. The zero-order chi connectivity index (χ0) is 9.02. The van der Waals surface area contributed by atoms with Crippen molar-refractivity contribution >= 4 is 45.4 Å². The summed E-state index contributed by atoms with van der Waals surface area (Å²) in [7, 11) is 0. The summed E-state index contributed by atoms with van der Waals surface area (Å²) in [4.78, 5) is -3.01. The van der Waals surface area contributed by atoms with Crippen molar-refractivity contribution in [1.29, 1.82) is 0 Å². The van der Waals surface area contributed by atoms with Gasteiger partial charge < -0.3 is 9.11 Å². The summed E-state index contributed by atoms with van der Waals surface area (Å²) in [6.45, 7) is 0. The molecule has 0 aliphatic carbocycles. The summed E-state index contributed by atoms with van der Waals surface area (Å²) < 4.78 is 40.0. The Morgan fingerprint density at radius 1 is 1.09 bits per heavy atom. The Bertz CT molecular complexity index is 159. The lowest BCUT2D eigenvalue weighted by atomic mass is 11.2. The molecular formula is C2H3Cl2NO4S2-2. The van der Waals surface area contributed by atoms with Crippen LogP contribution in [0.15, 0.2) is 0 Å². The van der Waals surface area contributed by atoms with Gasteiger partial charge in [0.25, 0.3) is 0 Å². The van der Waals surface area contributed by atoms with Crippen molar-refractivity contribution in [2.45, 2.75) is 9.67 Å². The Labute approximate surface area is 78.0 Å². The molecule has 68 valence electrons. The van der Waals surface area contributed by atoms with Gasteiger partial charge in [0.15, 0.2) is 0 Å². The molecule has 0 amide bonds. The lowest BCUT2D eigenvalue weighted by Gasteiger charge is -2.19. The summed E-state index contributed by atoms with van der Waals surface area (Å²) in [5.41, 5.74) is 0. The van der Waals surface area contributed by atoms with Crippen LogP contribution >= 0.6 is 23.2 Å². The minimum Gasteiger partial charge on any atom is -0.770 e. The Hall–Kier alpha value is 0.760. The van der Waals surface area contributed by atoms with Gasteiger partial charge in [0.05, 0.1) is 0 Å². The molecule has 0 saturated heterocycles. The van der Waals surface area contributed by atoms with Crippen molar-refractivity contribution < 1.29 is 17.5 Å². The van der Waals surface area contributed by atoms with Gasteiger partial charge >= 0.3 is 0 Å². The smallest absolute Gasteiger partial charge is 0.147 e. The average molecular weight is 240 g/mol. The lowest BCUT2D eigenvalue weighted by molar-refractivity contribution is 0.514. The summed E-state index contributed by atoms with van der Waals surface area (Å²) in [6.07, 6.45) is 0. The van der Waals surface area contributed by atoms with E-state index in [1.807, 2.05) is 5.32 Å². The first-order valence-corrected chi connectivity index (χ1v) is 5.30. The van der Waals surface area contributed by atoms with E-state index in [0.29, 0.717) is 0 Å². The Kier molecular flexibility index (Phi) is 5.79. The SMILES string of the molecule is O=S([O-])C(Cl)NC(Cl)S(=O)[O-]. The molecule has 0 saturated carbocycles. The second kappa shape index (κ2) is 5.41. The van der Waals surface area contributed by atoms with E-state index in [-0.39, 0.29) is 0 Å². The molecular weight excluding hydrogens is 237 g/mol. The zero-order valence-corrected chi connectivity index (χ0v) is 8.00. The number of hydrogen-bond donors (Lipinski definition) is 1. The highest BCUT2D eigenvalue weighted by Crippen LogP contribution is 2.02. The molecule has 0 aliphatic rings. The molecule has 0 bridgehead atoms. The Morgan fingerprint density at radius 2 is 1.36 bits per heavy atom. The Morgan fingerprint density at radius 3 is 1.55 bits per heavy atom. The molecule has 0 aromatic heterocycles. The van der Waals surface area contributed by atoms with E-state index < -0.39 is 31.8 Å². The molecule has 0 rings (SSSR count). The minimum atomic E-state index is -2.60. The first-order chi connectivity index (χ1) is 4.95. The first-order valence-electron chi connectivity index (χ1n) is 2.15. The third-order valence-electron chi connectivity index (χ3n) is 0.600. The molecule has 0 spiro atoms. The topological polar surface area (TPSA) is 92.3 Å². The average Bonchev–Trinajstić information content (AvgIpc) is 1.87. The number of hydrogen-bond acceptors (Lipinski definition) is 5. The molecule has 0 aromatic rings. The molecule has 4 atom stereocenters. The van der Waals surface area contributed by atoms with Crippen LogP contribution in [0.1, 0.15) is 0 Å². The molecule has 1 N–H and O–H groups in total. The van der Waals surface area contributed by atoms with Crippen LogP contribution in [0, 0.1) is 0 Å². The summed E-state index contributed by atoms with van der Waals surface area (Å²) >= 11 is 4.94. The molecule has 0 aromatic carbocycles. The van der Waals surface area contributed by atoms with Crippen LogP contribution < -0.4 is 5.32 Å². The fraction of sp³-hybridized carbons (Fsp3) is 1.00. The fourth-order valence-electron chi connectivity index (χ4n) is 0.214. The standard InChI is InChI=1S/C2H5Cl2NO4S2/c3-1(10(6)7)5-2(4)11(8)9/h1-2,5H,(H,6,7)(H,8,9)/p-2. The van der Waals surface area contributed by atoms with Crippen molar-refractivity contribution in [3.8, 4) is 0 Å². The third-order valence-corrected chi connectivity index (χ3v) is 2.67. The molecule has 9 heteroatoms. The third kappa shape index (κ3) is 5.07. The van der Waals surface area contributed by atoms with Crippen molar-refractivity contribution in [3.63, 3.8) is 0 Å². The summed E-state index contributed by atoms with van der Waals surface area (Å²) in [5.74, 6) is 0. The number of nitrogens with one attached hydrogen (secondary N) is 1. The maximum absolute atomic E-state index is 10.0. The van der Waals surface area contributed by atoms with E-state index in [2.05, 4.69) is 0 Å². The maximum Gasteiger partial charge on any atom is 0.147 e. The Balaban J connectivity index is 3.84. The second-order valence-electron chi connectivity index (χ2n) is 1.32. The maximum atomic E-state index is 10.0. The molecule has 0 radical (unpaired) electrons. The summed E-state index contributed by atoms with van der Waals surface area (Å²) in [6, 6.07) is 0. The van der Waals surface area contributed by atoms with Gasteiger partial charge in [-0.25, -0.2) is 0 Å². The van der Waals surface area contributed by atoms with Crippen LogP contribution in [0.2, 0.25) is 0 Å². The van der Waals surface area contributed by atoms with Crippen LogP contribution in [0.5, 0.6) is 0 Å². The van der Waals surface area contributed by atoms with E-state index in [1.54, 1.807) is 0 Å². The zero-order valence-electron chi connectivity index (χ0n) is 4.86. The number of rotatable bonds is 4. The molecule has 11 heavy (non-hydrogen) atoms. The largest absolute Gasteiger partial charge is 0.770 e. The molecule has 0 heterocycles. The van der Waals surface area contributed by atoms with Crippen LogP contribution in [-0.2, 0) is 22.2 Å². The van der Waals surface area contributed by atoms with Crippen LogP contribution in [-0.4, -0.2) is 27.2 Å². The highest BCUT2D eigenvalue weighted by Gasteiger charge is 2.10. The van der Waals surface area contributed by atoms with E-state index >= 15 is 0 Å². The highest BCUT2D eigenvalue weighted by molar-refractivity contribution is 7.82. The monoisotopic (exact) mass is 239 g/mol. The predicted molar refractivity (Wildman–Crippen MR) is 40.3 cm³/mol. The van der Waals surface area contributed by atoms with Gasteiger partial charge in [-0.1, -0.05) is 23.2 Å². The van der Waals surface area contributed by atoms with Gasteiger partial charge in [0.1, 0.15) is 9.67 Å². The number of halogens is 2. The van der Waals surface area contributed by atoms with Gasteiger partial charge in [-0.05, 0) is 22.2 Å². The fourth-order valence-corrected chi connectivity index (χ4v) is 1.26. The van der Waals surface area contributed by atoms with Crippen LogP contribution in [0.3, 0.4) is 0 Å². The molecule has 5 nitrogen and oxygen atoms in total. The van der Waals surface area contributed by atoms with E-state index in [1.165, 1.54) is 0 Å². The lowest BCUT2D eigenvalue weighted by Crippen LogP contribution is -2.36. The van der Waals surface area contributed by atoms with Gasteiger partial charge in [-0.2, -0.15) is 0 Å². The van der Waals surface area contributed by atoms with E-state index in [4.69, 9.17) is 23.2 Å². The van der Waals surface area contributed by atoms with Crippen LogP contribution in [0.25, 0.3) is 0 Å². The number of alkyl halides is 2. The van der Waals surface area contributed by atoms with E-state index in [0.717, 1.165) is 0 Å².